The summed E-state index contributed by atoms with van der Waals surface area (Å²) in [6.45, 7) is 7.33. The monoisotopic (exact) mass is 600 g/mol. The van der Waals surface area contributed by atoms with Gasteiger partial charge in [0.1, 0.15) is 21.9 Å². The van der Waals surface area contributed by atoms with E-state index in [1.165, 1.54) is 16.7 Å². The Morgan fingerprint density at radius 3 is 2.19 bits per heavy atom. The fourth-order valence-corrected chi connectivity index (χ4v) is 5.96. The first kappa shape index (κ1) is 31.6. The van der Waals surface area contributed by atoms with Gasteiger partial charge in [0.15, 0.2) is 0 Å². The van der Waals surface area contributed by atoms with E-state index in [0.29, 0.717) is 47.9 Å². The highest BCUT2D eigenvalue weighted by molar-refractivity contribution is 8.04. The van der Waals surface area contributed by atoms with Gasteiger partial charge in [-0.1, -0.05) is 18.7 Å². The van der Waals surface area contributed by atoms with Crippen molar-refractivity contribution in [1.29, 1.82) is 10.5 Å². The van der Waals surface area contributed by atoms with E-state index >= 15 is 0 Å². The number of piperazine rings is 1. The van der Waals surface area contributed by atoms with Crippen LogP contribution in [-0.2, 0) is 14.4 Å². The summed E-state index contributed by atoms with van der Waals surface area (Å²) >= 11 is 1.20. The molecule has 3 N–H and O–H groups in total. The third-order valence-corrected chi connectivity index (χ3v) is 8.52. The molecule has 2 aliphatic rings. The second-order valence-corrected chi connectivity index (χ2v) is 11.6. The molecule has 2 aromatic rings. The number of nitrogens with one attached hydrogen (secondary N) is 3. The number of carbonyl (C=O) groups excluding carboxylic acids is 3. The van der Waals surface area contributed by atoms with Crippen LogP contribution in [0.1, 0.15) is 25.3 Å². The lowest BCUT2D eigenvalue weighted by molar-refractivity contribution is -0.127. The second-order valence-electron chi connectivity index (χ2n) is 10.4. The number of hydrogen-bond donors (Lipinski definition) is 3. The first-order valence-corrected chi connectivity index (χ1v) is 15.2. The summed E-state index contributed by atoms with van der Waals surface area (Å²) in [5.74, 6) is -0.810. The summed E-state index contributed by atoms with van der Waals surface area (Å²) in [6.07, 6.45) is 1.10. The zero-order valence-electron chi connectivity index (χ0n) is 24.4. The predicted molar refractivity (Wildman–Crippen MR) is 168 cm³/mol. The van der Waals surface area contributed by atoms with Crippen molar-refractivity contribution in [1.82, 2.24) is 14.7 Å². The molecule has 0 bridgehead atoms. The predicted octanol–water partition coefficient (Wildman–Crippen LogP) is 3.27. The number of carbonyl (C=O) groups is 3. The van der Waals surface area contributed by atoms with Crippen LogP contribution in [0.25, 0.3) is 0 Å². The minimum absolute atomic E-state index is 0.0283. The van der Waals surface area contributed by atoms with E-state index in [-0.39, 0.29) is 17.4 Å². The van der Waals surface area contributed by atoms with Crippen molar-refractivity contribution in [2.45, 2.75) is 25.0 Å². The van der Waals surface area contributed by atoms with Gasteiger partial charge in [-0.2, -0.15) is 10.5 Å². The molecule has 2 aromatic carbocycles. The summed E-state index contributed by atoms with van der Waals surface area (Å²) in [5, 5.41) is 27.6. The zero-order valence-corrected chi connectivity index (χ0v) is 25.2. The van der Waals surface area contributed by atoms with Crippen LogP contribution < -0.4 is 16.0 Å². The van der Waals surface area contributed by atoms with Crippen LogP contribution >= 0.6 is 11.8 Å². The largest absolute Gasteiger partial charge is 0.383 e. The zero-order chi connectivity index (χ0) is 30.8. The number of rotatable bonds is 11. The molecule has 0 aliphatic carbocycles. The van der Waals surface area contributed by atoms with E-state index in [1.54, 1.807) is 24.3 Å². The van der Waals surface area contributed by atoms with Crippen molar-refractivity contribution in [3.63, 3.8) is 0 Å². The fraction of sp³-hybridized carbons (Fsp3) is 0.387. The molecule has 2 saturated heterocycles. The van der Waals surface area contributed by atoms with E-state index in [0.717, 1.165) is 38.4 Å². The van der Waals surface area contributed by atoms with Crippen molar-refractivity contribution in [2.24, 2.45) is 0 Å². The standard InChI is InChI=1S/C31H36N8O3S/c1-3-13-39-30(42)27(43-31(39)26(20-33)29(41)36-25-6-4-22(19-32)5-7-25)21-34-23-8-10-24(11-9-23)35-28(40)12-14-38-17-15-37(2)16-18-38/h4-11,27,34H,3,12-18,21H2,1-2H3,(H,35,40)(H,36,41)/b31-26-. The van der Waals surface area contributed by atoms with E-state index in [9.17, 15) is 19.6 Å². The van der Waals surface area contributed by atoms with Crippen LogP contribution in [0.5, 0.6) is 0 Å². The van der Waals surface area contributed by atoms with Gasteiger partial charge >= 0.3 is 0 Å². The third-order valence-electron chi connectivity index (χ3n) is 7.22. The fourth-order valence-electron chi connectivity index (χ4n) is 4.73. The van der Waals surface area contributed by atoms with E-state index in [4.69, 9.17) is 5.26 Å². The second kappa shape index (κ2) is 15.2. The molecule has 0 saturated carbocycles. The molecule has 4 rings (SSSR count). The van der Waals surface area contributed by atoms with Gasteiger partial charge in [-0.05, 0) is 62.0 Å². The number of benzene rings is 2. The Bertz CT molecular complexity index is 1420. The summed E-state index contributed by atoms with van der Waals surface area (Å²) in [7, 11) is 2.11. The molecule has 12 heteroatoms. The minimum Gasteiger partial charge on any atom is -0.383 e. The number of hydrogen-bond acceptors (Lipinski definition) is 9. The molecular weight excluding hydrogens is 564 g/mol. The molecule has 3 amide bonds. The van der Waals surface area contributed by atoms with Gasteiger partial charge in [-0.3, -0.25) is 14.4 Å². The van der Waals surface area contributed by atoms with Crippen molar-refractivity contribution >= 4 is 46.5 Å². The van der Waals surface area contributed by atoms with E-state index in [1.807, 2.05) is 43.3 Å². The average Bonchev–Trinajstić information content (AvgIpc) is 3.31. The minimum atomic E-state index is -0.613. The first-order chi connectivity index (χ1) is 20.8. The lowest BCUT2D eigenvalue weighted by Crippen LogP contribution is -2.45. The SMILES string of the molecule is CCCN1C(=O)C(CNc2ccc(NC(=O)CCN3CCN(C)CC3)cc2)S/C1=C(/C#N)C(=O)Nc1ccc(C#N)cc1. The lowest BCUT2D eigenvalue weighted by Gasteiger charge is -2.32. The highest BCUT2D eigenvalue weighted by Crippen LogP contribution is 2.38. The molecule has 43 heavy (non-hydrogen) atoms. The van der Waals surface area contributed by atoms with Gasteiger partial charge in [-0.25, -0.2) is 0 Å². The normalized spacial score (nSPS) is 18.5. The topological polar surface area (TPSA) is 145 Å². The molecule has 1 unspecified atom stereocenters. The van der Waals surface area contributed by atoms with Crippen LogP contribution in [0.15, 0.2) is 59.1 Å². The van der Waals surface area contributed by atoms with Crippen LogP contribution in [-0.4, -0.2) is 90.5 Å². The summed E-state index contributed by atoms with van der Waals surface area (Å²) < 4.78 is 0. The van der Waals surface area contributed by atoms with Crippen molar-refractivity contribution in [3.05, 3.63) is 64.7 Å². The number of nitriles is 2. The number of anilines is 3. The van der Waals surface area contributed by atoms with Gasteiger partial charge in [0.05, 0.1) is 11.6 Å². The smallest absolute Gasteiger partial charge is 0.269 e. The Hall–Kier alpha value is -4.36. The Morgan fingerprint density at radius 2 is 1.56 bits per heavy atom. The number of likely N-dealkylation sites (N-methyl/N-ethyl adjacent to an activating group) is 1. The number of nitrogens with zero attached hydrogens (tertiary/aromatic N) is 5. The quantitative estimate of drug-likeness (QED) is 0.261. The van der Waals surface area contributed by atoms with Crippen molar-refractivity contribution < 1.29 is 14.4 Å². The molecule has 0 radical (unpaired) electrons. The van der Waals surface area contributed by atoms with Crippen LogP contribution in [0.4, 0.5) is 17.1 Å². The highest BCUT2D eigenvalue weighted by atomic mass is 32.2. The van der Waals surface area contributed by atoms with Crippen molar-refractivity contribution in [3.8, 4) is 12.1 Å². The number of thioether (sulfide) groups is 1. The molecule has 224 valence electrons. The molecule has 2 aliphatic heterocycles. The van der Waals surface area contributed by atoms with Crippen LogP contribution in [0, 0.1) is 22.7 Å². The Balaban J connectivity index is 1.33. The summed E-state index contributed by atoms with van der Waals surface area (Å²) in [4.78, 5) is 44.8. The Kier molecular flexibility index (Phi) is 11.2. The molecule has 0 spiro atoms. The molecule has 11 nitrogen and oxygen atoms in total. The van der Waals surface area contributed by atoms with Gasteiger partial charge in [0.2, 0.25) is 11.8 Å². The maximum Gasteiger partial charge on any atom is 0.269 e. The van der Waals surface area contributed by atoms with Crippen molar-refractivity contribution in [2.75, 3.05) is 68.8 Å². The van der Waals surface area contributed by atoms with Gasteiger partial charge < -0.3 is 30.7 Å². The molecule has 1 atom stereocenters. The summed E-state index contributed by atoms with van der Waals surface area (Å²) in [5.41, 5.74) is 2.25. The van der Waals surface area contributed by atoms with Crippen LogP contribution in [0.2, 0.25) is 0 Å². The molecule has 0 aromatic heterocycles. The maximum absolute atomic E-state index is 13.3. The van der Waals surface area contributed by atoms with Gasteiger partial charge in [0.25, 0.3) is 5.91 Å². The van der Waals surface area contributed by atoms with Gasteiger partial charge in [-0.15, -0.1) is 0 Å². The molecular formula is C31H36N8O3S. The molecule has 2 heterocycles. The third kappa shape index (κ3) is 8.58. The maximum atomic E-state index is 13.3. The highest BCUT2D eigenvalue weighted by Gasteiger charge is 2.39. The molecule has 2 fully saturated rings. The average molecular weight is 601 g/mol. The lowest BCUT2D eigenvalue weighted by atomic mass is 10.2. The Labute approximate surface area is 256 Å². The summed E-state index contributed by atoms with van der Waals surface area (Å²) in [6, 6.07) is 17.6. The van der Waals surface area contributed by atoms with Gasteiger partial charge in [0, 0.05) is 69.3 Å². The first-order valence-electron chi connectivity index (χ1n) is 14.3. The number of amides is 3. The van der Waals surface area contributed by atoms with Crippen LogP contribution in [0.3, 0.4) is 0 Å². The Morgan fingerprint density at radius 1 is 0.930 bits per heavy atom. The van der Waals surface area contributed by atoms with E-state index < -0.39 is 11.2 Å². The van der Waals surface area contributed by atoms with E-state index in [2.05, 4.69) is 32.8 Å².